The van der Waals surface area contributed by atoms with Crippen LogP contribution < -0.4 is 10.6 Å². The Hall–Kier alpha value is -2.44. The van der Waals surface area contributed by atoms with Gasteiger partial charge >= 0.3 is 0 Å². The first-order valence-corrected chi connectivity index (χ1v) is 8.19. The molecule has 0 unspecified atom stereocenters. The average Bonchev–Trinajstić information content (AvgIpc) is 3.11. The second-order valence-electron chi connectivity index (χ2n) is 5.65. The fourth-order valence-corrected chi connectivity index (χ4v) is 2.77. The Bertz CT molecular complexity index is 789. The molecule has 1 saturated heterocycles. The largest absolute Gasteiger partial charge is 0.368 e. The maximum Gasteiger partial charge on any atom is 0.257 e. The number of anilines is 2. The third-order valence-corrected chi connectivity index (χ3v) is 4.12. The summed E-state index contributed by atoms with van der Waals surface area (Å²) in [6, 6.07) is 10.2. The first-order chi connectivity index (χ1) is 12.0. The van der Waals surface area contributed by atoms with Crippen molar-refractivity contribution in [1.82, 2.24) is 0 Å². The van der Waals surface area contributed by atoms with Crippen molar-refractivity contribution in [3.8, 4) is 0 Å². The maximum atomic E-state index is 13.0. The molecule has 3 rings (SSSR count). The van der Waals surface area contributed by atoms with E-state index in [9.17, 15) is 14.0 Å². The SMILES string of the molecule is O=C(Nc1ccc(NC(=O)[C@@H]2CCCO2)cc1)c1ccc(F)cc1Cl. The Balaban J connectivity index is 1.62. The van der Waals surface area contributed by atoms with Crippen molar-refractivity contribution in [1.29, 1.82) is 0 Å². The maximum absolute atomic E-state index is 13.0. The van der Waals surface area contributed by atoms with Crippen molar-refractivity contribution in [2.45, 2.75) is 18.9 Å². The van der Waals surface area contributed by atoms with Gasteiger partial charge in [-0.15, -0.1) is 0 Å². The van der Waals surface area contributed by atoms with E-state index in [1.165, 1.54) is 12.1 Å². The van der Waals surface area contributed by atoms with Gasteiger partial charge in [-0.2, -0.15) is 0 Å². The summed E-state index contributed by atoms with van der Waals surface area (Å²) in [5.41, 5.74) is 1.32. The number of carbonyl (C=O) groups is 2. The van der Waals surface area contributed by atoms with Crippen LogP contribution >= 0.6 is 11.6 Å². The van der Waals surface area contributed by atoms with Gasteiger partial charge in [0.25, 0.3) is 11.8 Å². The Morgan fingerprint density at radius 3 is 2.36 bits per heavy atom. The lowest BCUT2D eigenvalue weighted by molar-refractivity contribution is -0.124. The molecule has 2 amide bonds. The minimum absolute atomic E-state index is 0.0398. The van der Waals surface area contributed by atoms with E-state index in [2.05, 4.69) is 10.6 Å². The summed E-state index contributed by atoms with van der Waals surface area (Å²) >= 11 is 5.88. The second-order valence-corrected chi connectivity index (χ2v) is 6.05. The molecule has 0 aliphatic carbocycles. The zero-order valence-corrected chi connectivity index (χ0v) is 14.0. The van der Waals surface area contributed by atoms with Crippen LogP contribution in [0.2, 0.25) is 5.02 Å². The summed E-state index contributed by atoms with van der Waals surface area (Å²) in [7, 11) is 0. The van der Waals surface area contributed by atoms with E-state index in [1.807, 2.05) is 0 Å². The average molecular weight is 363 g/mol. The number of hydrogen-bond acceptors (Lipinski definition) is 3. The number of rotatable bonds is 4. The van der Waals surface area contributed by atoms with Gasteiger partial charge in [-0.1, -0.05) is 11.6 Å². The molecule has 5 nitrogen and oxygen atoms in total. The van der Waals surface area contributed by atoms with E-state index in [4.69, 9.17) is 16.3 Å². The number of amides is 2. The van der Waals surface area contributed by atoms with Crippen LogP contribution in [0.3, 0.4) is 0 Å². The highest BCUT2D eigenvalue weighted by molar-refractivity contribution is 6.34. The molecule has 1 heterocycles. The molecular weight excluding hydrogens is 347 g/mol. The number of hydrogen-bond donors (Lipinski definition) is 2. The number of carbonyl (C=O) groups excluding carboxylic acids is 2. The Labute approximate surface area is 149 Å². The first-order valence-electron chi connectivity index (χ1n) is 7.82. The van der Waals surface area contributed by atoms with Crippen LogP contribution in [0.25, 0.3) is 0 Å². The fraction of sp³-hybridized carbons (Fsp3) is 0.222. The molecule has 0 saturated carbocycles. The van der Waals surface area contributed by atoms with Gasteiger partial charge in [0, 0.05) is 18.0 Å². The third kappa shape index (κ3) is 4.35. The van der Waals surface area contributed by atoms with Crippen molar-refractivity contribution >= 4 is 34.8 Å². The molecule has 0 radical (unpaired) electrons. The standard InChI is InChI=1S/C18H16ClFN2O3/c19-15-10-11(20)3-8-14(15)17(23)21-12-4-6-13(7-5-12)22-18(24)16-2-1-9-25-16/h3-8,10,16H,1-2,9H2,(H,21,23)(H,22,24)/t16-/m0/s1. The van der Waals surface area contributed by atoms with Gasteiger partial charge in [-0.05, 0) is 55.3 Å². The number of nitrogens with one attached hydrogen (secondary N) is 2. The van der Waals surface area contributed by atoms with Crippen LogP contribution in [0.1, 0.15) is 23.2 Å². The number of ether oxygens (including phenoxy) is 1. The van der Waals surface area contributed by atoms with Gasteiger partial charge in [-0.25, -0.2) is 4.39 Å². The monoisotopic (exact) mass is 362 g/mol. The molecule has 0 spiro atoms. The van der Waals surface area contributed by atoms with Crippen LogP contribution in [-0.2, 0) is 9.53 Å². The van der Waals surface area contributed by atoms with Gasteiger partial charge in [0.2, 0.25) is 0 Å². The van der Waals surface area contributed by atoms with Crippen LogP contribution in [-0.4, -0.2) is 24.5 Å². The topological polar surface area (TPSA) is 67.4 Å². The van der Waals surface area contributed by atoms with E-state index in [0.29, 0.717) is 18.0 Å². The smallest absolute Gasteiger partial charge is 0.257 e. The lowest BCUT2D eigenvalue weighted by Gasteiger charge is -2.11. The zero-order chi connectivity index (χ0) is 17.8. The Morgan fingerprint density at radius 2 is 1.76 bits per heavy atom. The van der Waals surface area contributed by atoms with Gasteiger partial charge in [-0.3, -0.25) is 9.59 Å². The van der Waals surface area contributed by atoms with Crippen molar-refractivity contribution in [2.24, 2.45) is 0 Å². The van der Waals surface area contributed by atoms with Crippen LogP contribution in [0, 0.1) is 5.82 Å². The summed E-state index contributed by atoms with van der Waals surface area (Å²) in [6.07, 6.45) is 1.20. The molecule has 130 valence electrons. The summed E-state index contributed by atoms with van der Waals surface area (Å²) in [4.78, 5) is 24.2. The van der Waals surface area contributed by atoms with E-state index < -0.39 is 17.8 Å². The molecule has 2 aromatic rings. The molecular formula is C18H16ClFN2O3. The van der Waals surface area contributed by atoms with Crippen molar-refractivity contribution < 1.29 is 18.7 Å². The van der Waals surface area contributed by atoms with Gasteiger partial charge < -0.3 is 15.4 Å². The van der Waals surface area contributed by atoms with Crippen LogP contribution in [0.15, 0.2) is 42.5 Å². The van der Waals surface area contributed by atoms with Crippen molar-refractivity contribution in [3.63, 3.8) is 0 Å². The number of benzene rings is 2. The predicted octanol–water partition coefficient (Wildman–Crippen LogP) is 3.85. The first kappa shape index (κ1) is 17.4. The summed E-state index contributed by atoms with van der Waals surface area (Å²) in [5, 5.41) is 5.48. The lowest BCUT2D eigenvalue weighted by atomic mass is 10.2. The molecule has 1 aliphatic rings. The second kappa shape index (κ2) is 7.63. The van der Waals surface area contributed by atoms with E-state index >= 15 is 0 Å². The third-order valence-electron chi connectivity index (χ3n) is 3.81. The zero-order valence-electron chi connectivity index (χ0n) is 13.2. The van der Waals surface area contributed by atoms with E-state index in [1.54, 1.807) is 24.3 Å². The lowest BCUT2D eigenvalue weighted by Crippen LogP contribution is -2.26. The summed E-state index contributed by atoms with van der Waals surface area (Å²) < 4.78 is 18.4. The molecule has 1 fully saturated rings. The molecule has 1 aliphatic heterocycles. The normalized spacial score (nSPS) is 16.5. The van der Waals surface area contributed by atoms with Gasteiger partial charge in [0.15, 0.2) is 0 Å². The van der Waals surface area contributed by atoms with Crippen molar-refractivity contribution in [3.05, 3.63) is 58.9 Å². The Morgan fingerprint density at radius 1 is 1.08 bits per heavy atom. The molecule has 0 aromatic heterocycles. The Kier molecular flexibility index (Phi) is 5.31. The summed E-state index contributed by atoms with van der Waals surface area (Å²) in [5.74, 6) is -1.12. The van der Waals surface area contributed by atoms with Crippen LogP contribution in [0.4, 0.5) is 15.8 Å². The molecule has 1 atom stereocenters. The number of halogens is 2. The molecule has 2 N–H and O–H groups in total. The molecule has 2 aromatic carbocycles. The van der Waals surface area contributed by atoms with Crippen molar-refractivity contribution in [2.75, 3.05) is 17.2 Å². The highest BCUT2D eigenvalue weighted by Gasteiger charge is 2.23. The van der Waals surface area contributed by atoms with E-state index in [0.717, 1.165) is 18.9 Å². The fourth-order valence-electron chi connectivity index (χ4n) is 2.52. The predicted molar refractivity (Wildman–Crippen MR) is 93.4 cm³/mol. The van der Waals surface area contributed by atoms with Gasteiger partial charge in [0.05, 0.1) is 10.6 Å². The van der Waals surface area contributed by atoms with E-state index in [-0.39, 0.29) is 16.5 Å². The summed E-state index contributed by atoms with van der Waals surface area (Å²) in [6.45, 7) is 0.606. The molecule has 7 heteroatoms. The molecule has 25 heavy (non-hydrogen) atoms. The molecule has 0 bridgehead atoms. The minimum atomic E-state index is -0.507. The highest BCUT2D eigenvalue weighted by Crippen LogP contribution is 2.21. The minimum Gasteiger partial charge on any atom is -0.368 e. The quantitative estimate of drug-likeness (QED) is 0.868. The van der Waals surface area contributed by atoms with Crippen LogP contribution in [0.5, 0.6) is 0 Å². The van der Waals surface area contributed by atoms with Gasteiger partial charge in [0.1, 0.15) is 11.9 Å². The highest BCUT2D eigenvalue weighted by atomic mass is 35.5.